The van der Waals surface area contributed by atoms with Crippen LogP contribution in [0.15, 0.2) is 0 Å². The molecule has 0 aromatic heterocycles. The SMILES string of the molecule is CCCCO[Si](CC[Si](OCCCC)(C(C)(C)C)C(C)(C)C)(C(C)(C)C)C(C)(C)C. The Kier molecular flexibility index (Phi) is 11.1. The molecular weight excluding hydrogens is 400 g/mol. The van der Waals surface area contributed by atoms with E-state index in [-0.39, 0.29) is 20.2 Å². The maximum atomic E-state index is 7.05. The highest BCUT2D eigenvalue weighted by atomic mass is 28.4. The van der Waals surface area contributed by atoms with Gasteiger partial charge in [-0.3, -0.25) is 0 Å². The zero-order valence-electron chi connectivity index (χ0n) is 23.5. The van der Waals surface area contributed by atoms with E-state index >= 15 is 0 Å². The standard InChI is InChI=1S/C26H58O2Si2/c1-15-17-19-27-29(23(3,4)5,24(6,7)8)21-22-30(25(9,10)11,26(12,13)14)28-20-18-16-2/h15-22H2,1-14H3. The first-order valence-corrected chi connectivity index (χ1v) is 16.8. The summed E-state index contributed by atoms with van der Waals surface area (Å²) in [6, 6.07) is 2.41. The molecular formula is C26H58O2Si2. The molecule has 0 fully saturated rings. The second-order valence-electron chi connectivity index (χ2n) is 13.6. The average Bonchev–Trinajstić information content (AvgIpc) is 2.51. The molecule has 0 heterocycles. The Balaban J connectivity index is 6.31. The molecule has 0 saturated heterocycles. The summed E-state index contributed by atoms with van der Waals surface area (Å²) < 4.78 is 14.1. The molecule has 0 N–H and O–H groups in total. The fourth-order valence-corrected chi connectivity index (χ4v) is 19.2. The molecule has 0 aliphatic carbocycles. The summed E-state index contributed by atoms with van der Waals surface area (Å²) in [5, 5.41) is 0.771. The maximum Gasteiger partial charge on any atom is 0.203 e. The molecule has 30 heavy (non-hydrogen) atoms. The monoisotopic (exact) mass is 458 g/mol. The van der Waals surface area contributed by atoms with E-state index in [9.17, 15) is 0 Å². The molecule has 0 unspecified atom stereocenters. The van der Waals surface area contributed by atoms with E-state index in [0.29, 0.717) is 0 Å². The van der Waals surface area contributed by atoms with Gasteiger partial charge in [0.2, 0.25) is 16.6 Å². The zero-order chi connectivity index (χ0) is 24.1. The average molecular weight is 459 g/mol. The second kappa shape index (κ2) is 11.0. The zero-order valence-corrected chi connectivity index (χ0v) is 25.5. The van der Waals surface area contributed by atoms with Gasteiger partial charge < -0.3 is 8.85 Å². The Morgan fingerprint density at radius 1 is 0.467 bits per heavy atom. The first kappa shape index (κ1) is 30.4. The molecule has 0 amide bonds. The lowest BCUT2D eigenvalue weighted by atomic mass is 10.2. The van der Waals surface area contributed by atoms with E-state index in [1.54, 1.807) is 0 Å². The van der Waals surface area contributed by atoms with Crippen LogP contribution in [0.5, 0.6) is 0 Å². The van der Waals surface area contributed by atoms with Crippen LogP contribution >= 0.6 is 0 Å². The van der Waals surface area contributed by atoms with Gasteiger partial charge in [0.25, 0.3) is 0 Å². The topological polar surface area (TPSA) is 18.5 Å². The van der Waals surface area contributed by atoms with Crippen molar-refractivity contribution in [1.29, 1.82) is 0 Å². The van der Waals surface area contributed by atoms with Crippen molar-refractivity contribution in [1.82, 2.24) is 0 Å². The lowest BCUT2D eigenvalue weighted by Gasteiger charge is -2.55. The van der Waals surface area contributed by atoms with Crippen LogP contribution in [-0.4, -0.2) is 29.8 Å². The van der Waals surface area contributed by atoms with Crippen LogP contribution in [0.3, 0.4) is 0 Å². The number of unbranched alkanes of at least 4 members (excludes halogenated alkanes) is 2. The van der Waals surface area contributed by atoms with E-state index in [0.717, 1.165) is 26.1 Å². The van der Waals surface area contributed by atoms with Crippen LogP contribution in [-0.2, 0) is 8.85 Å². The van der Waals surface area contributed by atoms with Crippen LogP contribution in [0.1, 0.15) is 123 Å². The smallest absolute Gasteiger partial charge is 0.203 e. The van der Waals surface area contributed by atoms with Crippen molar-refractivity contribution < 1.29 is 8.85 Å². The van der Waals surface area contributed by atoms with E-state index in [1.165, 1.54) is 24.9 Å². The molecule has 0 rings (SSSR count). The number of rotatable bonds is 11. The predicted molar refractivity (Wildman–Crippen MR) is 142 cm³/mol. The van der Waals surface area contributed by atoms with Gasteiger partial charge >= 0.3 is 0 Å². The molecule has 0 aromatic carbocycles. The van der Waals surface area contributed by atoms with Gasteiger partial charge in [-0.1, -0.05) is 110 Å². The molecule has 0 radical (unpaired) electrons. The highest BCUT2D eigenvalue weighted by molar-refractivity contribution is 6.84. The molecule has 0 saturated carbocycles. The minimum absolute atomic E-state index is 0.193. The molecule has 0 aliphatic rings. The molecule has 0 spiro atoms. The van der Waals surface area contributed by atoms with Gasteiger partial charge in [0.15, 0.2) is 0 Å². The maximum absolute atomic E-state index is 7.05. The lowest BCUT2D eigenvalue weighted by molar-refractivity contribution is 0.240. The van der Waals surface area contributed by atoms with Crippen LogP contribution in [0.2, 0.25) is 32.2 Å². The summed E-state index contributed by atoms with van der Waals surface area (Å²) in [7, 11) is -4.19. The molecule has 182 valence electrons. The molecule has 0 atom stereocenters. The molecule has 0 bridgehead atoms. The minimum atomic E-state index is -2.10. The first-order chi connectivity index (χ1) is 13.3. The van der Waals surface area contributed by atoms with Gasteiger partial charge in [-0.2, -0.15) is 0 Å². The molecule has 0 aliphatic heterocycles. The quantitative estimate of drug-likeness (QED) is 0.226. The summed E-state index contributed by atoms with van der Waals surface area (Å²) >= 11 is 0. The molecule has 0 aromatic rings. The van der Waals surface area contributed by atoms with Crippen LogP contribution in [0.25, 0.3) is 0 Å². The van der Waals surface area contributed by atoms with E-state index < -0.39 is 16.6 Å². The Bertz CT molecular complexity index is 413. The predicted octanol–water partition coefficient (Wildman–Crippen LogP) is 9.71. The second-order valence-corrected chi connectivity index (χ2v) is 24.4. The van der Waals surface area contributed by atoms with Crippen molar-refractivity contribution in [2.75, 3.05) is 13.2 Å². The van der Waals surface area contributed by atoms with Crippen molar-refractivity contribution in [2.45, 2.75) is 155 Å². The Morgan fingerprint density at radius 3 is 0.867 bits per heavy atom. The van der Waals surface area contributed by atoms with E-state index in [2.05, 4.69) is 96.9 Å². The third kappa shape index (κ3) is 6.92. The fraction of sp³-hybridized carbons (Fsp3) is 1.00. The van der Waals surface area contributed by atoms with Crippen molar-refractivity contribution in [3.63, 3.8) is 0 Å². The highest BCUT2D eigenvalue weighted by Gasteiger charge is 2.60. The van der Waals surface area contributed by atoms with Gasteiger partial charge in [-0.25, -0.2) is 0 Å². The van der Waals surface area contributed by atoms with E-state index in [1.807, 2.05) is 0 Å². The van der Waals surface area contributed by atoms with Gasteiger partial charge in [-0.15, -0.1) is 0 Å². The van der Waals surface area contributed by atoms with Crippen molar-refractivity contribution in [2.24, 2.45) is 0 Å². The largest absolute Gasteiger partial charge is 0.416 e. The van der Waals surface area contributed by atoms with Crippen LogP contribution < -0.4 is 0 Å². The van der Waals surface area contributed by atoms with Gasteiger partial charge in [0.05, 0.1) is 0 Å². The Morgan fingerprint density at radius 2 is 0.700 bits per heavy atom. The summed E-state index contributed by atoms with van der Waals surface area (Å²) in [6.07, 6.45) is 4.72. The third-order valence-electron chi connectivity index (χ3n) is 7.37. The van der Waals surface area contributed by atoms with Crippen molar-refractivity contribution >= 4 is 16.6 Å². The Labute approximate surface area is 193 Å². The molecule has 4 heteroatoms. The lowest BCUT2D eigenvalue weighted by Crippen LogP contribution is -2.59. The third-order valence-corrected chi connectivity index (χ3v) is 20.9. The van der Waals surface area contributed by atoms with Gasteiger partial charge in [-0.05, 0) is 45.1 Å². The van der Waals surface area contributed by atoms with Crippen LogP contribution in [0.4, 0.5) is 0 Å². The number of hydrogen-bond acceptors (Lipinski definition) is 2. The highest BCUT2D eigenvalue weighted by Crippen LogP contribution is 2.59. The van der Waals surface area contributed by atoms with Gasteiger partial charge in [0, 0.05) is 13.2 Å². The van der Waals surface area contributed by atoms with Gasteiger partial charge in [0.1, 0.15) is 0 Å². The van der Waals surface area contributed by atoms with Crippen molar-refractivity contribution in [3.05, 3.63) is 0 Å². The van der Waals surface area contributed by atoms with E-state index in [4.69, 9.17) is 8.85 Å². The summed E-state index contributed by atoms with van der Waals surface area (Å²) in [6.45, 7) is 35.6. The fourth-order valence-electron chi connectivity index (χ4n) is 5.89. The number of hydrogen-bond donors (Lipinski definition) is 0. The summed E-state index contributed by atoms with van der Waals surface area (Å²) in [5.41, 5.74) is 0. The van der Waals surface area contributed by atoms with Crippen molar-refractivity contribution in [3.8, 4) is 0 Å². The molecule has 2 nitrogen and oxygen atoms in total. The minimum Gasteiger partial charge on any atom is -0.416 e. The summed E-state index contributed by atoms with van der Waals surface area (Å²) in [4.78, 5) is 0. The van der Waals surface area contributed by atoms with Crippen LogP contribution in [0, 0.1) is 0 Å². The normalized spacial score (nSPS) is 15.0. The Hall–Kier alpha value is 0.354. The first-order valence-electron chi connectivity index (χ1n) is 12.6. The summed E-state index contributed by atoms with van der Waals surface area (Å²) in [5.74, 6) is 0.